The highest BCUT2D eigenvalue weighted by Crippen LogP contribution is 2.30. The van der Waals surface area contributed by atoms with Crippen LogP contribution in [0, 0.1) is 0 Å². The predicted octanol–water partition coefficient (Wildman–Crippen LogP) is 5.63. The van der Waals surface area contributed by atoms with Crippen molar-refractivity contribution in [2.24, 2.45) is 0 Å². The number of hydrogen-bond donors (Lipinski definition) is 2. The van der Waals surface area contributed by atoms with E-state index in [0.717, 1.165) is 5.56 Å². The number of hydrogen-bond acceptors (Lipinski definition) is 6. The van der Waals surface area contributed by atoms with Gasteiger partial charge in [0.25, 0.3) is 11.8 Å². The molecule has 0 saturated carbocycles. The van der Waals surface area contributed by atoms with E-state index in [2.05, 4.69) is 15.6 Å². The van der Waals surface area contributed by atoms with Crippen LogP contribution in [0.5, 0.6) is 11.5 Å². The number of thiophene rings is 1. The van der Waals surface area contributed by atoms with Crippen molar-refractivity contribution in [3.05, 3.63) is 101 Å². The van der Waals surface area contributed by atoms with Crippen molar-refractivity contribution in [3.63, 3.8) is 0 Å². The Kier molecular flexibility index (Phi) is 7.52. The van der Waals surface area contributed by atoms with Crippen molar-refractivity contribution < 1.29 is 19.1 Å². The van der Waals surface area contributed by atoms with Gasteiger partial charge in [-0.3, -0.25) is 14.6 Å². The maximum absolute atomic E-state index is 12.9. The number of nitrogens with one attached hydrogen (secondary N) is 2. The standard InChI is InChI=1S/C26H23N3O4S/c1-2-32-23-14-19(10-11-22(23)33-17-18-6-4-12-27-16-18)25(30)28-20-7-3-8-21(15-20)29-26(31)24-9-5-13-34-24/h3-16H,2,17H2,1H3,(H,28,30)(H,29,31). The van der Waals surface area contributed by atoms with Gasteiger partial charge in [0.1, 0.15) is 6.61 Å². The Hall–Kier alpha value is -4.17. The number of aromatic nitrogens is 1. The molecule has 0 bridgehead atoms. The van der Waals surface area contributed by atoms with Gasteiger partial charge in [-0.25, -0.2) is 0 Å². The molecular formula is C26H23N3O4S. The number of carbonyl (C=O) groups is 2. The zero-order valence-corrected chi connectivity index (χ0v) is 19.3. The third kappa shape index (κ3) is 5.99. The third-order valence-electron chi connectivity index (χ3n) is 4.75. The van der Waals surface area contributed by atoms with E-state index in [9.17, 15) is 9.59 Å². The molecule has 4 aromatic rings. The van der Waals surface area contributed by atoms with Crippen LogP contribution in [0.1, 0.15) is 32.5 Å². The van der Waals surface area contributed by atoms with E-state index in [0.29, 0.717) is 46.5 Å². The summed E-state index contributed by atoms with van der Waals surface area (Å²) in [6, 6.07) is 19.4. The van der Waals surface area contributed by atoms with Crippen molar-refractivity contribution >= 4 is 34.5 Å². The van der Waals surface area contributed by atoms with Crippen LogP contribution in [0.15, 0.2) is 84.5 Å². The quantitative estimate of drug-likeness (QED) is 0.329. The average Bonchev–Trinajstić information content (AvgIpc) is 3.40. The number of pyridine rings is 1. The van der Waals surface area contributed by atoms with Crippen LogP contribution in [0.3, 0.4) is 0 Å². The second-order valence-electron chi connectivity index (χ2n) is 7.21. The molecule has 0 atom stereocenters. The van der Waals surface area contributed by atoms with E-state index in [4.69, 9.17) is 9.47 Å². The number of rotatable bonds is 9. The van der Waals surface area contributed by atoms with Crippen molar-refractivity contribution in [3.8, 4) is 11.5 Å². The van der Waals surface area contributed by atoms with Gasteiger partial charge in [0, 0.05) is 34.9 Å². The molecule has 0 spiro atoms. The summed E-state index contributed by atoms with van der Waals surface area (Å²) in [5, 5.41) is 7.54. The predicted molar refractivity (Wildman–Crippen MR) is 133 cm³/mol. The van der Waals surface area contributed by atoms with Crippen molar-refractivity contribution in [2.75, 3.05) is 17.2 Å². The van der Waals surface area contributed by atoms with Gasteiger partial charge in [-0.05, 0) is 60.8 Å². The maximum atomic E-state index is 12.9. The first-order valence-electron chi connectivity index (χ1n) is 10.7. The number of amides is 2. The molecule has 0 fully saturated rings. The fourth-order valence-corrected chi connectivity index (χ4v) is 3.78. The summed E-state index contributed by atoms with van der Waals surface area (Å²) < 4.78 is 11.6. The van der Waals surface area contributed by atoms with E-state index >= 15 is 0 Å². The molecule has 2 N–H and O–H groups in total. The lowest BCUT2D eigenvalue weighted by molar-refractivity contribution is 0.102. The van der Waals surface area contributed by atoms with Crippen LogP contribution in [0.2, 0.25) is 0 Å². The van der Waals surface area contributed by atoms with E-state index in [1.54, 1.807) is 60.9 Å². The highest BCUT2D eigenvalue weighted by atomic mass is 32.1. The molecular weight excluding hydrogens is 450 g/mol. The average molecular weight is 474 g/mol. The molecule has 172 valence electrons. The molecule has 8 heteroatoms. The van der Waals surface area contributed by atoms with Gasteiger partial charge in [0.05, 0.1) is 11.5 Å². The van der Waals surface area contributed by atoms with Crippen LogP contribution in [0.25, 0.3) is 0 Å². The fraction of sp³-hybridized carbons (Fsp3) is 0.115. The van der Waals surface area contributed by atoms with Crippen molar-refractivity contribution in [2.45, 2.75) is 13.5 Å². The first-order valence-corrected chi connectivity index (χ1v) is 11.5. The minimum atomic E-state index is -0.304. The minimum absolute atomic E-state index is 0.193. The Bertz CT molecular complexity index is 1260. The van der Waals surface area contributed by atoms with Gasteiger partial charge >= 0.3 is 0 Å². The number of carbonyl (C=O) groups excluding carboxylic acids is 2. The molecule has 4 rings (SSSR count). The Balaban J connectivity index is 1.44. The molecule has 0 radical (unpaired) electrons. The first kappa shape index (κ1) is 23.0. The van der Waals surface area contributed by atoms with E-state index in [1.165, 1.54) is 11.3 Å². The minimum Gasteiger partial charge on any atom is -0.490 e. The molecule has 34 heavy (non-hydrogen) atoms. The number of anilines is 2. The number of benzene rings is 2. The molecule has 2 amide bonds. The van der Waals surface area contributed by atoms with Crippen LogP contribution < -0.4 is 20.1 Å². The van der Waals surface area contributed by atoms with Crippen LogP contribution in [0.4, 0.5) is 11.4 Å². The summed E-state index contributed by atoms with van der Waals surface area (Å²) in [4.78, 5) is 29.9. The molecule has 2 heterocycles. The summed E-state index contributed by atoms with van der Waals surface area (Å²) in [6.07, 6.45) is 3.44. The lowest BCUT2D eigenvalue weighted by atomic mass is 10.1. The summed E-state index contributed by atoms with van der Waals surface area (Å²) in [6.45, 7) is 2.64. The maximum Gasteiger partial charge on any atom is 0.265 e. The number of ether oxygens (including phenoxy) is 2. The molecule has 0 aliphatic rings. The first-order chi connectivity index (χ1) is 16.6. The van der Waals surface area contributed by atoms with Gasteiger partial charge < -0.3 is 20.1 Å². The molecule has 2 aromatic heterocycles. The summed E-state index contributed by atoms with van der Waals surface area (Å²) in [7, 11) is 0. The van der Waals surface area contributed by atoms with Gasteiger partial charge in [-0.15, -0.1) is 11.3 Å². The number of nitrogens with zero attached hydrogens (tertiary/aromatic N) is 1. The second kappa shape index (κ2) is 11.1. The van der Waals surface area contributed by atoms with E-state index in [1.807, 2.05) is 30.5 Å². The molecule has 2 aromatic carbocycles. The van der Waals surface area contributed by atoms with Gasteiger partial charge in [0.15, 0.2) is 11.5 Å². The summed E-state index contributed by atoms with van der Waals surface area (Å²) >= 11 is 1.36. The Labute approximate surface area is 201 Å². The SMILES string of the molecule is CCOc1cc(C(=O)Nc2cccc(NC(=O)c3cccs3)c2)ccc1OCc1cccnc1. The normalized spacial score (nSPS) is 10.4. The lowest BCUT2D eigenvalue weighted by Gasteiger charge is -2.14. The lowest BCUT2D eigenvalue weighted by Crippen LogP contribution is -2.13. The second-order valence-corrected chi connectivity index (χ2v) is 8.16. The van der Waals surface area contributed by atoms with Gasteiger partial charge in [-0.2, -0.15) is 0 Å². The monoisotopic (exact) mass is 473 g/mol. The van der Waals surface area contributed by atoms with Crippen molar-refractivity contribution in [1.29, 1.82) is 0 Å². The molecule has 0 saturated heterocycles. The van der Waals surface area contributed by atoms with Crippen LogP contribution in [-0.4, -0.2) is 23.4 Å². The van der Waals surface area contributed by atoms with Crippen molar-refractivity contribution in [1.82, 2.24) is 4.98 Å². The Morgan fingerprint density at radius 3 is 2.41 bits per heavy atom. The van der Waals surface area contributed by atoms with E-state index in [-0.39, 0.29) is 11.8 Å². The smallest absolute Gasteiger partial charge is 0.265 e. The highest BCUT2D eigenvalue weighted by Gasteiger charge is 2.13. The van der Waals surface area contributed by atoms with Gasteiger partial charge in [-0.1, -0.05) is 18.2 Å². The topological polar surface area (TPSA) is 89.6 Å². The zero-order chi connectivity index (χ0) is 23.8. The van der Waals surface area contributed by atoms with E-state index < -0.39 is 0 Å². The highest BCUT2D eigenvalue weighted by molar-refractivity contribution is 7.12. The molecule has 0 unspecified atom stereocenters. The largest absolute Gasteiger partial charge is 0.490 e. The molecule has 7 nitrogen and oxygen atoms in total. The summed E-state index contributed by atoms with van der Waals surface area (Å²) in [5.41, 5.74) is 2.50. The molecule has 0 aliphatic carbocycles. The van der Waals surface area contributed by atoms with Crippen LogP contribution >= 0.6 is 11.3 Å². The van der Waals surface area contributed by atoms with Crippen LogP contribution in [-0.2, 0) is 6.61 Å². The fourth-order valence-electron chi connectivity index (χ4n) is 3.16. The molecule has 0 aliphatic heterocycles. The zero-order valence-electron chi connectivity index (χ0n) is 18.5. The van der Waals surface area contributed by atoms with Gasteiger partial charge in [0.2, 0.25) is 0 Å². The summed E-state index contributed by atoms with van der Waals surface area (Å²) in [5.74, 6) is 0.528. The Morgan fingerprint density at radius 1 is 0.882 bits per heavy atom. The Morgan fingerprint density at radius 2 is 1.71 bits per heavy atom. The third-order valence-corrected chi connectivity index (χ3v) is 5.61.